The van der Waals surface area contributed by atoms with Crippen molar-refractivity contribution in [3.8, 4) is 0 Å². The van der Waals surface area contributed by atoms with Crippen molar-refractivity contribution >= 4 is 5.91 Å². The first-order chi connectivity index (χ1) is 12.1. The summed E-state index contributed by atoms with van der Waals surface area (Å²) >= 11 is 0. The van der Waals surface area contributed by atoms with Crippen LogP contribution in [0.2, 0.25) is 0 Å². The highest BCUT2D eigenvalue weighted by Gasteiger charge is 2.40. The van der Waals surface area contributed by atoms with Crippen molar-refractivity contribution in [2.75, 3.05) is 19.6 Å². The van der Waals surface area contributed by atoms with Crippen LogP contribution in [0.5, 0.6) is 0 Å². The Labute approximate surface area is 152 Å². The standard InChI is InChI=1S/C21H36N2O2/c24-20(14-18-13-16-4-5-17(18)12-16)22-19-6-10-23(11-7-19)15-21(25)8-2-1-3-9-21/h16-19,25H,1-15H2,(H,22,24). The Balaban J connectivity index is 1.17. The van der Waals surface area contributed by atoms with Crippen molar-refractivity contribution in [2.45, 2.75) is 88.7 Å². The van der Waals surface area contributed by atoms with Gasteiger partial charge in [-0.1, -0.05) is 25.7 Å². The van der Waals surface area contributed by atoms with E-state index in [0.29, 0.717) is 17.9 Å². The zero-order chi connectivity index (χ0) is 17.3. The number of nitrogens with zero attached hydrogens (tertiary/aromatic N) is 1. The first-order valence-corrected chi connectivity index (χ1v) is 10.8. The molecule has 1 heterocycles. The number of piperidine rings is 1. The average molecular weight is 349 g/mol. The molecule has 1 amide bonds. The second-order valence-corrected chi connectivity index (χ2v) is 9.54. The highest BCUT2D eigenvalue weighted by atomic mass is 16.3. The minimum absolute atomic E-state index is 0.293. The smallest absolute Gasteiger partial charge is 0.220 e. The van der Waals surface area contributed by atoms with Crippen molar-refractivity contribution in [1.82, 2.24) is 10.2 Å². The van der Waals surface area contributed by atoms with Crippen LogP contribution in [0.15, 0.2) is 0 Å². The molecule has 142 valence electrons. The van der Waals surface area contributed by atoms with Gasteiger partial charge in [-0.05, 0) is 62.7 Å². The van der Waals surface area contributed by atoms with Gasteiger partial charge in [0.15, 0.2) is 0 Å². The second-order valence-electron chi connectivity index (χ2n) is 9.54. The summed E-state index contributed by atoms with van der Waals surface area (Å²) in [5, 5.41) is 14.0. The van der Waals surface area contributed by atoms with Crippen LogP contribution in [0, 0.1) is 17.8 Å². The highest BCUT2D eigenvalue weighted by molar-refractivity contribution is 5.76. The van der Waals surface area contributed by atoms with Crippen LogP contribution in [0.1, 0.15) is 77.0 Å². The maximum atomic E-state index is 12.4. The number of β-amino-alcohol motifs (C(OH)–C–C–N with tert-alkyl or cyclic N) is 1. The third-order valence-electron chi connectivity index (χ3n) is 7.59. The van der Waals surface area contributed by atoms with Crippen molar-refractivity contribution in [1.29, 1.82) is 0 Å². The topological polar surface area (TPSA) is 52.6 Å². The van der Waals surface area contributed by atoms with E-state index in [2.05, 4.69) is 10.2 Å². The SMILES string of the molecule is O=C(CC1CC2CCC1C2)NC1CCN(CC2(O)CCCCC2)CC1. The van der Waals surface area contributed by atoms with Crippen LogP contribution in [-0.4, -0.2) is 47.2 Å². The van der Waals surface area contributed by atoms with Crippen molar-refractivity contribution in [3.05, 3.63) is 0 Å². The molecular weight excluding hydrogens is 312 g/mol. The number of hydrogen-bond acceptors (Lipinski definition) is 3. The quantitative estimate of drug-likeness (QED) is 0.803. The highest BCUT2D eigenvalue weighted by Crippen LogP contribution is 2.49. The molecule has 3 aliphatic carbocycles. The first-order valence-electron chi connectivity index (χ1n) is 10.8. The maximum Gasteiger partial charge on any atom is 0.220 e. The van der Waals surface area contributed by atoms with Gasteiger partial charge in [0.05, 0.1) is 5.60 Å². The first kappa shape index (κ1) is 17.8. The number of carbonyl (C=O) groups is 1. The molecule has 1 saturated heterocycles. The normalized spacial score (nSPS) is 35.8. The van der Waals surface area contributed by atoms with E-state index in [1.165, 1.54) is 44.9 Å². The molecule has 0 aromatic rings. The monoisotopic (exact) mass is 348 g/mol. The number of fused-ring (bicyclic) bond motifs is 2. The van der Waals surface area contributed by atoms with E-state index in [9.17, 15) is 9.90 Å². The Morgan fingerprint density at radius 2 is 1.80 bits per heavy atom. The third kappa shape index (κ3) is 4.39. The Morgan fingerprint density at radius 3 is 2.44 bits per heavy atom. The van der Waals surface area contributed by atoms with Crippen LogP contribution in [0.4, 0.5) is 0 Å². The van der Waals surface area contributed by atoms with E-state index < -0.39 is 5.60 Å². The molecule has 4 rings (SSSR count). The second kappa shape index (κ2) is 7.56. The summed E-state index contributed by atoms with van der Waals surface area (Å²) < 4.78 is 0. The van der Waals surface area contributed by atoms with Crippen LogP contribution < -0.4 is 5.32 Å². The third-order valence-corrected chi connectivity index (χ3v) is 7.59. The maximum absolute atomic E-state index is 12.4. The molecule has 4 nitrogen and oxygen atoms in total. The average Bonchev–Trinajstić information content (AvgIpc) is 3.20. The number of carbonyl (C=O) groups excluding carboxylic acids is 1. The predicted molar refractivity (Wildman–Crippen MR) is 99.2 cm³/mol. The van der Waals surface area contributed by atoms with Crippen molar-refractivity contribution in [2.24, 2.45) is 17.8 Å². The minimum atomic E-state index is -0.448. The summed E-state index contributed by atoms with van der Waals surface area (Å²) in [7, 11) is 0. The van der Waals surface area contributed by atoms with Crippen LogP contribution in [0.3, 0.4) is 0 Å². The van der Waals surface area contributed by atoms with E-state index in [0.717, 1.165) is 63.6 Å². The minimum Gasteiger partial charge on any atom is -0.389 e. The lowest BCUT2D eigenvalue weighted by molar-refractivity contribution is -0.123. The fraction of sp³-hybridized carbons (Fsp3) is 0.952. The molecule has 4 aliphatic rings. The summed E-state index contributed by atoms with van der Waals surface area (Å²) in [5.41, 5.74) is -0.448. The van der Waals surface area contributed by atoms with Gasteiger partial charge in [0.1, 0.15) is 0 Å². The van der Waals surface area contributed by atoms with Gasteiger partial charge in [-0.25, -0.2) is 0 Å². The van der Waals surface area contributed by atoms with E-state index in [1.807, 2.05) is 0 Å². The number of hydrogen-bond donors (Lipinski definition) is 2. The van der Waals surface area contributed by atoms with E-state index >= 15 is 0 Å². The zero-order valence-electron chi connectivity index (χ0n) is 15.7. The predicted octanol–water partition coefficient (Wildman–Crippen LogP) is 3.09. The molecule has 2 bridgehead atoms. The zero-order valence-corrected chi connectivity index (χ0v) is 15.7. The Bertz CT molecular complexity index is 467. The summed E-state index contributed by atoms with van der Waals surface area (Å²) in [5.74, 6) is 2.73. The lowest BCUT2D eigenvalue weighted by atomic mass is 9.84. The molecule has 1 aliphatic heterocycles. The number of amides is 1. The van der Waals surface area contributed by atoms with Gasteiger partial charge >= 0.3 is 0 Å². The van der Waals surface area contributed by atoms with Gasteiger partial charge in [0.2, 0.25) is 5.91 Å². The lowest BCUT2D eigenvalue weighted by Crippen LogP contribution is -2.50. The van der Waals surface area contributed by atoms with Gasteiger partial charge in [-0.3, -0.25) is 4.79 Å². The van der Waals surface area contributed by atoms with Crippen LogP contribution in [0.25, 0.3) is 0 Å². The molecule has 0 radical (unpaired) electrons. The fourth-order valence-electron chi connectivity index (χ4n) is 6.17. The van der Waals surface area contributed by atoms with Gasteiger partial charge in [-0.15, -0.1) is 0 Å². The fourth-order valence-corrected chi connectivity index (χ4v) is 6.17. The Kier molecular flexibility index (Phi) is 5.38. The van der Waals surface area contributed by atoms with E-state index in [4.69, 9.17) is 0 Å². The molecule has 3 atom stereocenters. The summed E-state index contributed by atoms with van der Waals surface area (Å²) in [4.78, 5) is 14.8. The van der Waals surface area contributed by atoms with Gasteiger partial charge in [0.25, 0.3) is 0 Å². The Hall–Kier alpha value is -0.610. The number of aliphatic hydroxyl groups is 1. The van der Waals surface area contributed by atoms with Crippen LogP contribution in [-0.2, 0) is 4.79 Å². The van der Waals surface area contributed by atoms with E-state index in [1.54, 1.807) is 0 Å². The molecule has 25 heavy (non-hydrogen) atoms. The molecule has 3 unspecified atom stereocenters. The van der Waals surface area contributed by atoms with Gasteiger partial charge < -0.3 is 15.3 Å². The van der Waals surface area contributed by atoms with Gasteiger partial charge in [-0.2, -0.15) is 0 Å². The summed E-state index contributed by atoms with van der Waals surface area (Å²) in [6, 6.07) is 0.350. The molecule has 0 aromatic carbocycles. The molecule has 2 N–H and O–H groups in total. The largest absolute Gasteiger partial charge is 0.389 e. The molecule has 4 heteroatoms. The molecular formula is C21H36N2O2. The summed E-state index contributed by atoms with van der Waals surface area (Å²) in [6.07, 6.45) is 13.9. The number of nitrogens with one attached hydrogen (secondary N) is 1. The Morgan fingerprint density at radius 1 is 1.04 bits per heavy atom. The molecule has 0 aromatic heterocycles. The van der Waals surface area contributed by atoms with E-state index in [-0.39, 0.29) is 0 Å². The van der Waals surface area contributed by atoms with Gasteiger partial charge in [0, 0.05) is 32.1 Å². The van der Waals surface area contributed by atoms with Crippen molar-refractivity contribution in [3.63, 3.8) is 0 Å². The number of likely N-dealkylation sites (tertiary alicyclic amines) is 1. The number of rotatable bonds is 5. The lowest BCUT2D eigenvalue weighted by Gasteiger charge is -2.40. The summed E-state index contributed by atoms with van der Waals surface area (Å²) in [6.45, 7) is 2.86. The van der Waals surface area contributed by atoms with Crippen molar-refractivity contribution < 1.29 is 9.90 Å². The molecule has 0 spiro atoms. The van der Waals surface area contributed by atoms with Crippen LogP contribution >= 0.6 is 0 Å². The molecule has 3 saturated carbocycles. The molecule has 4 fully saturated rings.